The molecule has 0 radical (unpaired) electrons. The van der Waals surface area contributed by atoms with E-state index in [1.54, 1.807) is 0 Å². The maximum Gasteiger partial charge on any atom is 0.270 e. The number of hydrogen-bond donors (Lipinski definition) is 2. The predicted octanol–water partition coefficient (Wildman–Crippen LogP) is 1.74. The first-order valence-electron chi connectivity index (χ1n) is 6.93. The summed E-state index contributed by atoms with van der Waals surface area (Å²) in [6.45, 7) is 3.14. The Balaban J connectivity index is 2.71. The summed E-state index contributed by atoms with van der Waals surface area (Å²) in [7, 11) is 0. The normalized spacial score (nSPS) is 10.3. The van der Waals surface area contributed by atoms with Gasteiger partial charge < -0.3 is 15.8 Å². The highest BCUT2D eigenvalue weighted by atomic mass is 16.6. The van der Waals surface area contributed by atoms with Crippen LogP contribution in [0.2, 0.25) is 0 Å². The average molecular weight is 295 g/mol. The number of unbranched alkanes of at least 4 members (excludes halogenated alkanes) is 2. The predicted molar refractivity (Wildman–Crippen MR) is 79.0 cm³/mol. The highest BCUT2D eigenvalue weighted by Crippen LogP contribution is 2.24. The second kappa shape index (κ2) is 8.91. The van der Waals surface area contributed by atoms with Crippen LogP contribution in [0.15, 0.2) is 18.2 Å². The molecule has 0 aromatic heterocycles. The molecule has 116 valence electrons. The Bertz CT molecular complexity index is 491. The van der Waals surface area contributed by atoms with Crippen molar-refractivity contribution >= 4 is 11.6 Å². The molecule has 0 heterocycles. The van der Waals surface area contributed by atoms with Gasteiger partial charge in [0.2, 0.25) is 0 Å². The molecular weight excluding hydrogens is 274 g/mol. The van der Waals surface area contributed by atoms with E-state index in [-0.39, 0.29) is 12.3 Å². The summed E-state index contributed by atoms with van der Waals surface area (Å²) in [5.41, 5.74) is 5.67. The topological polar surface area (TPSA) is 107 Å². The number of primary amides is 1. The molecule has 1 aromatic rings. The van der Waals surface area contributed by atoms with Crippen molar-refractivity contribution in [3.8, 4) is 5.75 Å². The summed E-state index contributed by atoms with van der Waals surface area (Å²) >= 11 is 0. The Morgan fingerprint density at radius 2 is 2.19 bits per heavy atom. The van der Waals surface area contributed by atoms with Gasteiger partial charge >= 0.3 is 0 Å². The Hall–Kier alpha value is -2.15. The number of hydrogen-bond acceptors (Lipinski definition) is 5. The summed E-state index contributed by atoms with van der Waals surface area (Å²) in [5, 5.41) is 14.0. The zero-order valence-corrected chi connectivity index (χ0v) is 12.1. The van der Waals surface area contributed by atoms with Gasteiger partial charge in [0.05, 0.1) is 4.92 Å². The van der Waals surface area contributed by atoms with Gasteiger partial charge in [0.25, 0.3) is 11.6 Å². The Labute approximate surface area is 123 Å². The monoisotopic (exact) mass is 295 g/mol. The lowest BCUT2D eigenvalue weighted by Gasteiger charge is -2.11. The van der Waals surface area contributed by atoms with Gasteiger partial charge in [0.1, 0.15) is 5.75 Å². The molecule has 0 aliphatic carbocycles. The molecule has 0 bridgehead atoms. The molecule has 0 atom stereocenters. The summed E-state index contributed by atoms with van der Waals surface area (Å²) in [4.78, 5) is 21.1. The molecule has 0 saturated heterocycles. The minimum Gasteiger partial charge on any atom is -0.483 e. The molecule has 0 saturated carbocycles. The maximum atomic E-state index is 10.8. The van der Waals surface area contributed by atoms with Crippen LogP contribution in [0.3, 0.4) is 0 Å². The number of nitrogens with two attached hydrogens (primary N) is 1. The lowest BCUT2D eigenvalue weighted by atomic mass is 10.1. The Kier molecular flexibility index (Phi) is 7.17. The second-order valence-corrected chi connectivity index (χ2v) is 4.69. The van der Waals surface area contributed by atoms with Crippen LogP contribution in [-0.2, 0) is 11.3 Å². The Morgan fingerprint density at radius 3 is 2.81 bits per heavy atom. The van der Waals surface area contributed by atoms with Crippen LogP contribution in [0.4, 0.5) is 5.69 Å². The second-order valence-electron chi connectivity index (χ2n) is 4.69. The molecule has 7 heteroatoms. The molecule has 1 amide bonds. The number of nitro benzene ring substituents is 1. The number of nitrogens with zero attached hydrogens (tertiary/aromatic N) is 1. The number of benzene rings is 1. The van der Waals surface area contributed by atoms with Crippen molar-refractivity contribution in [3.05, 3.63) is 33.9 Å². The van der Waals surface area contributed by atoms with E-state index in [0.29, 0.717) is 17.9 Å². The molecule has 7 nitrogen and oxygen atoms in total. The third-order valence-corrected chi connectivity index (χ3v) is 2.90. The molecule has 0 aliphatic heterocycles. The highest BCUT2D eigenvalue weighted by molar-refractivity contribution is 5.75. The number of nitrogens with one attached hydrogen (secondary N) is 1. The van der Waals surface area contributed by atoms with Crippen LogP contribution in [-0.4, -0.2) is 24.0 Å². The summed E-state index contributed by atoms with van der Waals surface area (Å²) < 4.78 is 5.27. The highest BCUT2D eigenvalue weighted by Gasteiger charge is 2.12. The number of non-ortho nitro benzene ring substituents is 1. The molecule has 21 heavy (non-hydrogen) atoms. The van der Waals surface area contributed by atoms with Crippen molar-refractivity contribution in [1.82, 2.24) is 5.32 Å². The fourth-order valence-corrected chi connectivity index (χ4v) is 1.83. The third-order valence-electron chi connectivity index (χ3n) is 2.90. The van der Waals surface area contributed by atoms with E-state index in [2.05, 4.69) is 12.2 Å². The standard InChI is InChI=1S/C14H21N3O4/c1-2-3-4-7-16-9-11-8-12(17(19)20)5-6-13(11)21-10-14(15)18/h5-6,8,16H,2-4,7,9-10H2,1H3,(H2,15,18). The van der Waals surface area contributed by atoms with Crippen LogP contribution in [0, 0.1) is 10.1 Å². The fraction of sp³-hybridized carbons (Fsp3) is 0.500. The first kappa shape index (κ1) is 16.9. The number of rotatable bonds is 10. The number of carbonyl (C=O) groups excluding carboxylic acids is 1. The zero-order valence-electron chi connectivity index (χ0n) is 12.1. The van der Waals surface area contributed by atoms with Gasteiger partial charge in [-0.25, -0.2) is 0 Å². The molecule has 0 fully saturated rings. The van der Waals surface area contributed by atoms with Gasteiger partial charge in [-0.2, -0.15) is 0 Å². The average Bonchev–Trinajstić information content (AvgIpc) is 2.45. The van der Waals surface area contributed by atoms with E-state index in [0.717, 1.165) is 25.8 Å². The van der Waals surface area contributed by atoms with Crippen LogP contribution >= 0.6 is 0 Å². The third kappa shape index (κ3) is 6.22. The van der Waals surface area contributed by atoms with Crippen molar-refractivity contribution in [1.29, 1.82) is 0 Å². The summed E-state index contributed by atoms with van der Waals surface area (Å²) in [6, 6.07) is 4.28. The number of nitro groups is 1. The molecule has 0 unspecified atom stereocenters. The molecular formula is C14H21N3O4. The van der Waals surface area contributed by atoms with Crippen molar-refractivity contribution in [2.75, 3.05) is 13.2 Å². The van der Waals surface area contributed by atoms with E-state index in [9.17, 15) is 14.9 Å². The van der Waals surface area contributed by atoms with Gasteiger partial charge in [-0.3, -0.25) is 14.9 Å². The minimum atomic E-state index is -0.588. The van der Waals surface area contributed by atoms with E-state index in [4.69, 9.17) is 10.5 Å². The fourth-order valence-electron chi connectivity index (χ4n) is 1.83. The van der Waals surface area contributed by atoms with Gasteiger partial charge in [-0.15, -0.1) is 0 Å². The molecule has 1 rings (SSSR count). The van der Waals surface area contributed by atoms with Gasteiger partial charge in [-0.05, 0) is 19.0 Å². The molecule has 0 spiro atoms. The zero-order chi connectivity index (χ0) is 15.7. The first-order chi connectivity index (χ1) is 10.0. The summed E-state index contributed by atoms with van der Waals surface area (Å²) in [6.07, 6.45) is 3.31. The van der Waals surface area contributed by atoms with Crippen LogP contribution in [0.25, 0.3) is 0 Å². The first-order valence-corrected chi connectivity index (χ1v) is 6.93. The van der Waals surface area contributed by atoms with Crippen LogP contribution in [0.1, 0.15) is 31.7 Å². The van der Waals surface area contributed by atoms with E-state index >= 15 is 0 Å². The van der Waals surface area contributed by atoms with Crippen molar-refractivity contribution in [3.63, 3.8) is 0 Å². The van der Waals surface area contributed by atoms with Crippen LogP contribution in [0.5, 0.6) is 5.75 Å². The minimum absolute atomic E-state index is 0.00761. The van der Waals surface area contributed by atoms with Crippen molar-refractivity contribution < 1.29 is 14.5 Å². The largest absolute Gasteiger partial charge is 0.483 e. The number of ether oxygens (including phenoxy) is 1. The number of amides is 1. The SMILES string of the molecule is CCCCCNCc1cc([N+](=O)[O-])ccc1OCC(N)=O. The molecule has 1 aromatic carbocycles. The lowest BCUT2D eigenvalue weighted by Crippen LogP contribution is -2.21. The summed E-state index contributed by atoms with van der Waals surface area (Å²) in [5.74, 6) is -0.155. The van der Waals surface area contributed by atoms with E-state index in [1.807, 2.05) is 0 Å². The van der Waals surface area contributed by atoms with Gasteiger partial charge in [0.15, 0.2) is 6.61 Å². The van der Waals surface area contributed by atoms with E-state index in [1.165, 1.54) is 18.2 Å². The smallest absolute Gasteiger partial charge is 0.270 e. The van der Waals surface area contributed by atoms with Crippen LogP contribution < -0.4 is 15.8 Å². The van der Waals surface area contributed by atoms with E-state index < -0.39 is 10.8 Å². The Morgan fingerprint density at radius 1 is 1.43 bits per heavy atom. The lowest BCUT2D eigenvalue weighted by molar-refractivity contribution is -0.384. The maximum absolute atomic E-state index is 10.8. The van der Waals surface area contributed by atoms with Gasteiger partial charge in [0, 0.05) is 24.2 Å². The number of carbonyl (C=O) groups is 1. The quantitative estimate of drug-likeness (QED) is 0.388. The molecule has 0 aliphatic rings. The van der Waals surface area contributed by atoms with Gasteiger partial charge in [-0.1, -0.05) is 19.8 Å². The van der Waals surface area contributed by atoms with Crippen molar-refractivity contribution in [2.45, 2.75) is 32.7 Å². The molecule has 3 N–H and O–H groups in total. The van der Waals surface area contributed by atoms with Crippen molar-refractivity contribution in [2.24, 2.45) is 5.73 Å².